The molecule has 1 aromatic heterocycles. The molecule has 0 spiro atoms. The van der Waals surface area contributed by atoms with E-state index in [0.29, 0.717) is 18.0 Å². The first-order valence-electron chi connectivity index (χ1n) is 6.90. The van der Waals surface area contributed by atoms with Gasteiger partial charge in [0.1, 0.15) is 0 Å². The van der Waals surface area contributed by atoms with Gasteiger partial charge >= 0.3 is 0 Å². The van der Waals surface area contributed by atoms with Crippen LogP contribution < -0.4 is 5.32 Å². The van der Waals surface area contributed by atoms with E-state index in [1.165, 1.54) is 0 Å². The van der Waals surface area contributed by atoms with Crippen LogP contribution in [0.25, 0.3) is 10.9 Å². The van der Waals surface area contributed by atoms with Gasteiger partial charge in [0, 0.05) is 23.1 Å². The highest BCUT2D eigenvalue weighted by molar-refractivity contribution is 6.45. The van der Waals surface area contributed by atoms with E-state index in [-0.39, 0.29) is 0 Å². The van der Waals surface area contributed by atoms with E-state index in [0.717, 1.165) is 23.0 Å². The van der Waals surface area contributed by atoms with E-state index in [2.05, 4.69) is 24.1 Å². The number of carbonyl (C=O) groups is 2. The molecule has 0 bridgehead atoms. The van der Waals surface area contributed by atoms with Gasteiger partial charge in [0.05, 0.1) is 5.56 Å². The van der Waals surface area contributed by atoms with E-state index in [1.54, 1.807) is 0 Å². The van der Waals surface area contributed by atoms with Crippen molar-refractivity contribution in [3.05, 3.63) is 35.5 Å². The molecule has 0 radical (unpaired) electrons. The number of ketones is 1. The number of rotatable bonds is 5. The maximum absolute atomic E-state index is 12.3. The van der Waals surface area contributed by atoms with Gasteiger partial charge in [0.15, 0.2) is 0 Å². The third-order valence-electron chi connectivity index (χ3n) is 3.33. The molecule has 2 rings (SSSR count). The Hall–Kier alpha value is -2.10. The number of hydrogen-bond donors (Lipinski definition) is 2. The van der Waals surface area contributed by atoms with Crippen molar-refractivity contribution in [1.82, 2.24) is 10.3 Å². The fraction of sp³-hybridized carbons (Fsp3) is 0.375. The van der Waals surface area contributed by atoms with Gasteiger partial charge in [-0.1, -0.05) is 32.0 Å². The van der Waals surface area contributed by atoms with Crippen molar-refractivity contribution >= 4 is 22.6 Å². The monoisotopic (exact) mass is 272 g/mol. The molecule has 0 fully saturated rings. The second-order valence-electron chi connectivity index (χ2n) is 5.44. The molecule has 0 aliphatic carbocycles. The van der Waals surface area contributed by atoms with Crippen molar-refractivity contribution in [1.29, 1.82) is 0 Å². The van der Waals surface area contributed by atoms with Gasteiger partial charge in [0.2, 0.25) is 0 Å². The summed E-state index contributed by atoms with van der Waals surface area (Å²) >= 11 is 0. The molecule has 106 valence electrons. The zero-order chi connectivity index (χ0) is 14.7. The van der Waals surface area contributed by atoms with Gasteiger partial charge in [0.25, 0.3) is 11.7 Å². The van der Waals surface area contributed by atoms with E-state index >= 15 is 0 Å². The smallest absolute Gasteiger partial charge is 0.292 e. The van der Waals surface area contributed by atoms with E-state index < -0.39 is 11.7 Å². The number of para-hydroxylation sites is 1. The van der Waals surface area contributed by atoms with Crippen molar-refractivity contribution < 1.29 is 9.59 Å². The van der Waals surface area contributed by atoms with Gasteiger partial charge < -0.3 is 10.3 Å². The normalized spacial score (nSPS) is 11.0. The van der Waals surface area contributed by atoms with Crippen LogP contribution in [0.5, 0.6) is 0 Å². The Morgan fingerprint density at radius 2 is 1.95 bits per heavy atom. The number of nitrogens with one attached hydrogen (secondary N) is 2. The molecule has 0 atom stereocenters. The fourth-order valence-electron chi connectivity index (χ4n) is 2.24. The molecule has 0 saturated carbocycles. The lowest BCUT2D eigenvalue weighted by molar-refractivity contribution is -0.117. The van der Waals surface area contributed by atoms with E-state index in [1.807, 2.05) is 31.2 Å². The van der Waals surface area contributed by atoms with Crippen molar-refractivity contribution in [3.8, 4) is 0 Å². The molecule has 20 heavy (non-hydrogen) atoms. The first kappa shape index (κ1) is 14.3. The summed E-state index contributed by atoms with van der Waals surface area (Å²) in [5.74, 6) is -0.498. The molecule has 2 N–H and O–H groups in total. The SMILES string of the molecule is Cc1[nH]c2ccccc2c1C(=O)C(=O)NCCC(C)C. The molecule has 1 heterocycles. The van der Waals surface area contributed by atoms with Gasteiger partial charge in [-0.05, 0) is 25.3 Å². The summed E-state index contributed by atoms with van der Waals surface area (Å²) in [6.07, 6.45) is 0.867. The summed E-state index contributed by atoms with van der Waals surface area (Å²) in [4.78, 5) is 27.4. The highest BCUT2D eigenvalue weighted by atomic mass is 16.2. The number of H-pyrrole nitrogens is 1. The summed E-state index contributed by atoms with van der Waals surface area (Å²) in [6, 6.07) is 7.52. The van der Waals surface area contributed by atoms with Crippen molar-refractivity contribution in [3.63, 3.8) is 0 Å². The topological polar surface area (TPSA) is 62.0 Å². The first-order chi connectivity index (χ1) is 9.50. The molecule has 0 aliphatic heterocycles. The number of benzene rings is 1. The Labute approximate surface area is 118 Å². The average Bonchev–Trinajstić information content (AvgIpc) is 2.73. The molecule has 0 saturated heterocycles. The van der Waals surface area contributed by atoms with Crippen LogP contribution in [0.1, 0.15) is 36.3 Å². The number of fused-ring (bicyclic) bond motifs is 1. The predicted octanol–water partition coefficient (Wildman–Crippen LogP) is 2.82. The largest absolute Gasteiger partial charge is 0.358 e. The molecular formula is C16H20N2O2. The van der Waals surface area contributed by atoms with Crippen LogP contribution in [0.3, 0.4) is 0 Å². The second kappa shape index (κ2) is 5.90. The Balaban J connectivity index is 2.19. The fourth-order valence-corrected chi connectivity index (χ4v) is 2.24. The lowest BCUT2D eigenvalue weighted by Gasteiger charge is -2.06. The molecule has 1 aromatic carbocycles. The van der Waals surface area contributed by atoms with Gasteiger partial charge in [-0.2, -0.15) is 0 Å². The zero-order valence-corrected chi connectivity index (χ0v) is 12.1. The van der Waals surface area contributed by atoms with Crippen LogP contribution in [-0.4, -0.2) is 23.2 Å². The van der Waals surface area contributed by atoms with Crippen molar-refractivity contribution in [2.24, 2.45) is 5.92 Å². The summed E-state index contributed by atoms with van der Waals surface area (Å²) in [5, 5.41) is 3.49. The average molecular weight is 272 g/mol. The van der Waals surface area contributed by atoms with Crippen LogP contribution in [-0.2, 0) is 4.79 Å². The Bertz CT molecular complexity index is 641. The van der Waals surface area contributed by atoms with Crippen LogP contribution >= 0.6 is 0 Å². The molecule has 4 nitrogen and oxygen atoms in total. The van der Waals surface area contributed by atoms with Gasteiger partial charge in [-0.25, -0.2) is 0 Å². The number of aromatic nitrogens is 1. The van der Waals surface area contributed by atoms with Gasteiger partial charge in [-0.3, -0.25) is 9.59 Å². The lowest BCUT2D eigenvalue weighted by atomic mass is 10.1. The summed E-state index contributed by atoms with van der Waals surface area (Å²) in [5.41, 5.74) is 2.08. The molecular weight excluding hydrogens is 252 g/mol. The Morgan fingerprint density at radius 1 is 1.25 bits per heavy atom. The minimum atomic E-state index is -0.529. The minimum absolute atomic E-state index is 0.469. The van der Waals surface area contributed by atoms with E-state index in [9.17, 15) is 9.59 Å². The number of amides is 1. The number of Topliss-reactive ketones (excluding diaryl/α,β-unsaturated/α-hetero) is 1. The van der Waals surface area contributed by atoms with Crippen LogP contribution in [0.15, 0.2) is 24.3 Å². The summed E-state index contributed by atoms with van der Waals surface area (Å²) < 4.78 is 0. The van der Waals surface area contributed by atoms with E-state index in [4.69, 9.17) is 0 Å². The van der Waals surface area contributed by atoms with Crippen LogP contribution in [0.2, 0.25) is 0 Å². The van der Waals surface area contributed by atoms with Crippen molar-refractivity contribution in [2.45, 2.75) is 27.2 Å². The molecule has 1 amide bonds. The predicted molar refractivity (Wildman–Crippen MR) is 79.8 cm³/mol. The summed E-state index contributed by atoms with van der Waals surface area (Å²) in [7, 11) is 0. The third-order valence-corrected chi connectivity index (χ3v) is 3.33. The minimum Gasteiger partial charge on any atom is -0.358 e. The highest BCUT2D eigenvalue weighted by Gasteiger charge is 2.22. The molecule has 4 heteroatoms. The first-order valence-corrected chi connectivity index (χ1v) is 6.90. The quantitative estimate of drug-likeness (QED) is 0.649. The standard InChI is InChI=1S/C16H20N2O2/c1-10(2)8-9-17-16(20)15(19)14-11(3)18-13-7-5-4-6-12(13)14/h4-7,10,18H,8-9H2,1-3H3,(H,17,20). The van der Waals surface area contributed by atoms with Gasteiger partial charge in [-0.15, -0.1) is 0 Å². The Morgan fingerprint density at radius 3 is 2.65 bits per heavy atom. The lowest BCUT2D eigenvalue weighted by Crippen LogP contribution is -2.32. The van der Waals surface area contributed by atoms with Crippen LogP contribution in [0.4, 0.5) is 0 Å². The number of hydrogen-bond acceptors (Lipinski definition) is 2. The molecule has 0 unspecified atom stereocenters. The number of aryl methyl sites for hydroxylation is 1. The number of aromatic amines is 1. The second-order valence-corrected chi connectivity index (χ2v) is 5.44. The third kappa shape index (κ3) is 2.90. The maximum atomic E-state index is 12.3. The zero-order valence-electron chi connectivity index (χ0n) is 12.1. The highest BCUT2D eigenvalue weighted by Crippen LogP contribution is 2.22. The molecule has 0 aliphatic rings. The molecule has 2 aromatic rings. The summed E-state index contributed by atoms with van der Waals surface area (Å²) in [6.45, 7) is 6.51. The van der Waals surface area contributed by atoms with Crippen LogP contribution in [0, 0.1) is 12.8 Å². The maximum Gasteiger partial charge on any atom is 0.292 e. The number of carbonyl (C=O) groups excluding carboxylic acids is 2. The van der Waals surface area contributed by atoms with Crippen molar-refractivity contribution in [2.75, 3.05) is 6.54 Å². The Kier molecular flexibility index (Phi) is 4.23.